The average Bonchev–Trinajstić information content (AvgIpc) is 3.07. The Balaban J connectivity index is 1.64. The molecule has 2 saturated heterocycles. The summed E-state index contributed by atoms with van der Waals surface area (Å²) in [6.45, 7) is 2.04. The third-order valence-corrected chi connectivity index (χ3v) is 6.01. The van der Waals surface area contributed by atoms with Crippen molar-refractivity contribution < 1.29 is 4.74 Å². The fourth-order valence-corrected chi connectivity index (χ4v) is 4.82. The van der Waals surface area contributed by atoms with E-state index >= 15 is 0 Å². The fraction of sp³-hybridized carbons (Fsp3) is 0.429. The lowest BCUT2D eigenvalue weighted by Gasteiger charge is -2.43. The quantitative estimate of drug-likeness (QED) is 0.860. The number of halogens is 1. The van der Waals surface area contributed by atoms with Gasteiger partial charge in [0.2, 0.25) is 0 Å². The van der Waals surface area contributed by atoms with Crippen LogP contribution in [0, 0.1) is 0 Å². The predicted molar refractivity (Wildman–Crippen MR) is 103 cm³/mol. The van der Waals surface area contributed by atoms with Gasteiger partial charge < -0.3 is 15.4 Å². The second-order valence-electron chi connectivity index (χ2n) is 7.23. The minimum absolute atomic E-state index is 0.0948. The topological polar surface area (TPSA) is 33.3 Å². The monoisotopic (exact) mass is 356 g/mol. The minimum atomic E-state index is 0.0948. The lowest BCUT2D eigenvalue weighted by molar-refractivity contribution is 0.202. The van der Waals surface area contributed by atoms with Gasteiger partial charge in [0.05, 0.1) is 13.2 Å². The molecule has 0 radical (unpaired) electrons. The van der Waals surface area contributed by atoms with Crippen molar-refractivity contribution in [2.75, 3.05) is 20.2 Å². The Morgan fingerprint density at radius 2 is 2.00 bits per heavy atom. The third-order valence-electron chi connectivity index (χ3n) is 5.78. The fourth-order valence-electron chi connectivity index (χ4n) is 4.64. The molecule has 2 aromatic carbocycles. The summed E-state index contributed by atoms with van der Waals surface area (Å²) in [6.07, 6.45) is 3.49. The highest BCUT2D eigenvalue weighted by Gasteiger charge is 2.47. The highest BCUT2D eigenvalue weighted by Crippen LogP contribution is 2.46. The van der Waals surface area contributed by atoms with Crippen LogP contribution in [-0.4, -0.2) is 25.7 Å². The summed E-state index contributed by atoms with van der Waals surface area (Å²) in [5.74, 6) is 1.35. The van der Waals surface area contributed by atoms with Gasteiger partial charge in [-0.2, -0.15) is 0 Å². The van der Waals surface area contributed by atoms with Crippen molar-refractivity contribution in [1.82, 2.24) is 10.6 Å². The van der Waals surface area contributed by atoms with Crippen molar-refractivity contribution in [1.29, 1.82) is 0 Å². The zero-order chi connectivity index (χ0) is 17.3. The standard InChI is InChI=1S/C21H25ClN2O/c1-25-19-9-8-17(22)12-18(19)16-13-21(24-14-16)10-5-11-23-20(21)15-6-3-2-4-7-15/h2-4,6-9,12,16,20,23-24H,5,10-11,13-14H2,1H3/t16-,20?,21-/m1/s1. The first kappa shape index (κ1) is 16.9. The summed E-state index contributed by atoms with van der Waals surface area (Å²) in [5, 5.41) is 8.42. The van der Waals surface area contributed by atoms with Gasteiger partial charge in [-0.25, -0.2) is 0 Å². The zero-order valence-corrected chi connectivity index (χ0v) is 15.4. The number of ether oxygens (including phenoxy) is 1. The van der Waals surface area contributed by atoms with Crippen LogP contribution in [0.3, 0.4) is 0 Å². The molecule has 2 aromatic rings. The van der Waals surface area contributed by atoms with E-state index in [1.807, 2.05) is 12.1 Å². The maximum Gasteiger partial charge on any atom is 0.122 e. The number of rotatable bonds is 3. The summed E-state index contributed by atoms with van der Waals surface area (Å²) in [6, 6.07) is 17.1. The summed E-state index contributed by atoms with van der Waals surface area (Å²) >= 11 is 6.27. The van der Waals surface area contributed by atoms with Gasteiger partial charge in [-0.3, -0.25) is 0 Å². The number of methoxy groups -OCH3 is 1. The van der Waals surface area contributed by atoms with Crippen molar-refractivity contribution in [3.05, 3.63) is 64.7 Å². The molecule has 25 heavy (non-hydrogen) atoms. The van der Waals surface area contributed by atoms with Crippen LogP contribution in [-0.2, 0) is 0 Å². The van der Waals surface area contributed by atoms with Gasteiger partial charge >= 0.3 is 0 Å². The number of hydrogen-bond donors (Lipinski definition) is 2. The molecule has 3 nitrogen and oxygen atoms in total. The van der Waals surface area contributed by atoms with Crippen LogP contribution >= 0.6 is 11.6 Å². The predicted octanol–water partition coefficient (Wildman–Crippen LogP) is 4.29. The lowest BCUT2D eigenvalue weighted by atomic mass is 9.75. The number of hydrogen-bond acceptors (Lipinski definition) is 3. The molecule has 1 spiro atoms. The van der Waals surface area contributed by atoms with Gasteiger partial charge in [0.15, 0.2) is 0 Å². The van der Waals surface area contributed by atoms with Crippen LogP contribution in [0.1, 0.15) is 42.3 Å². The van der Waals surface area contributed by atoms with E-state index in [4.69, 9.17) is 16.3 Å². The Morgan fingerprint density at radius 1 is 1.16 bits per heavy atom. The van der Waals surface area contributed by atoms with Gasteiger partial charge in [-0.1, -0.05) is 41.9 Å². The zero-order valence-electron chi connectivity index (χ0n) is 14.6. The van der Waals surface area contributed by atoms with Crippen LogP contribution in [0.4, 0.5) is 0 Å². The summed E-state index contributed by atoms with van der Waals surface area (Å²) < 4.78 is 5.60. The maximum atomic E-state index is 6.27. The smallest absolute Gasteiger partial charge is 0.122 e. The highest BCUT2D eigenvalue weighted by molar-refractivity contribution is 6.30. The first-order valence-corrected chi connectivity index (χ1v) is 9.46. The van der Waals surface area contributed by atoms with Crippen molar-refractivity contribution in [3.8, 4) is 5.75 Å². The lowest BCUT2D eigenvalue weighted by Crippen LogP contribution is -2.54. The van der Waals surface area contributed by atoms with Gasteiger partial charge in [0.25, 0.3) is 0 Å². The molecule has 2 fully saturated rings. The van der Waals surface area contributed by atoms with Crippen molar-refractivity contribution in [3.63, 3.8) is 0 Å². The van der Waals surface area contributed by atoms with E-state index in [2.05, 4.69) is 47.0 Å². The Hall–Kier alpha value is -1.55. The number of nitrogens with one attached hydrogen (secondary N) is 2. The Morgan fingerprint density at radius 3 is 2.80 bits per heavy atom. The van der Waals surface area contributed by atoms with Gasteiger partial charge in [0, 0.05) is 28.6 Å². The Bertz CT molecular complexity index is 736. The number of piperidine rings is 1. The van der Waals surface area contributed by atoms with Crippen LogP contribution < -0.4 is 15.4 Å². The van der Waals surface area contributed by atoms with Gasteiger partial charge in [0.1, 0.15) is 5.75 Å². The highest BCUT2D eigenvalue weighted by atomic mass is 35.5. The molecule has 0 amide bonds. The van der Waals surface area contributed by atoms with Crippen LogP contribution in [0.5, 0.6) is 5.75 Å². The third kappa shape index (κ3) is 3.17. The largest absolute Gasteiger partial charge is 0.496 e. The Kier molecular flexibility index (Phi) is 4.72. The van der Waals surface area contributed by atoms with Crippen LogP contribution in [0.2, 0.25) is 5.02 Å². The first-order chi connectivity index (χ1) is 12.2. The molecule has 1 unspecified atom stereocenters. The number of benzene rings is 2. The minimum Gasteiger partial charge on any atom is -0.496 e. The van der Waals surface area contributed by atoms with E-state index < -0.39 is 0 Å². The molecular formula is C21H25ClN2O. The Labute approximate surface area is 154 Å². The molecule has 0 saturated carbocycles. The maximum absolute atomic E-state index is 6.27. The van der Waals surface area contributed by atoms with Crippen molar-refractivity contribution >= 4 is 11.6 Å². The average molecular weight is 357 g/mol. The second kappa shape index (κ2) is 6.99. The SMILES string of the molecule is COc1ccc(Cl)cc1[C@H]1CN[C@]2(CCCNC2c2ccccc2)C1. The van der Waals surface area contributed by atoms with Crippen LogP contribution in [0.15, 0.2) is 48.5 Å². The molecule has 0 aliphatic carbocycles. The molecule has 2 N–H and O–H groups in total. The molecule has 4 heteroatoms. The molecule has 3 atom stereocenters. The van der Waals surface area contributed by atoms with Crippen molar-refractivity contribution in [2.45, 2.75) is 36.8 Å². The van der Waals surface area contributed by atoms with Crippen LogP contribution in [0.25, 0.3) is 0 Å². The van der Waals surface area contributed by atoms with E-state index in [0.717, 1.165) is 30.3 Å². The molecule has 132 valence electrons. The summed E-state index contributed by atoms with van der Waals surface area (Å²) in [5.41, 5.74) is 2.68. The first-order valence-electron chi connectivity index (χ1n) is 9.09. The van der Waals surface area contributed by atoms with Gasteiger partial charge in [-0.15, -0.1) is 0 Å². The molecular weight excluding hydrogens is 332 g/mol. The molecule has 0 bridgehead atoms. The molecule has 4 rings (SSSR count). The molecule has 2 aliphatic heterocycles. The normalized spacial score (nSPS) is 29.0. The van der Waals surface area contributed by atoms with Gasteiger partial charge in [-0.05, 0) is 49.6 Å². The second-order valence-corrected chi connectivity index (χ2v) is 7.66. The summed E-state index contributed by atoms with van der Waals surface area (Å²) in [7, 11) is 1.74. The van der Waals surface area contributed by atoms with E-state index in [1.54, 1.807) is 7.11 Å². The van der Waals surface area contributed by atoms with E-state index in [0.29, 0.717) is 12.0 Å². The van der Waals surface area contributed by atoms with E-state index in [1.165, 1.54) is 24.0 Å². The summed E-state index contributed by atoms with van der Waals surface area (Å²) in [4.78, 5) is 0. The van der Waals surface area contributed by atoms with Crippen molar-refractivity contribution in [2.24, 2.45) is 0 Å². The molecule has 2 heterocycles. The van der Waals surface area contributed by atoms with E-state index in [9.17, 15) is 0 Å². The molecule has 2 aliphatic rings. The molecule has 0 aromatic heterocycles. The van der Waals surface area contributed by atoms with E-state index in [-0.39, 0.29) is 5.54 Å².